The first-order valence-corrected chi connectivity index (χ1v) is 10.6. The average Bonchev–Trinajstić information content (AvgIpc) is 3.39. The predicted octanol–water partition coefficient (Wildman–Crippen LogP) is 4.30. The highest BCUT2D eigenvalue weighted by atomic mass is 16.2. The Bertz CT molecular complexity index is 1110. The van der Waals surface area contributed by atoms with Crippen molar-refractivity contribution in [3.05, 3.63) is 54.4 Å². The summed E-state index contributed by atoms with van der Waals surface area (Å²) in [4.78, 5) is 34.2. The molecule has 0 radical (unpaired) electrons. The Hall–Kier alpha value is -3.28. The Morgan fingerprint density at radius 2 is 1.70 bits per heavy atom. The van der Waals surface area contributed by atoms with E-state index in [2.05, 4.69) is 27.4 Å². The van der Waals surface area contributed by atoms with Crippen molar-refractivity contribution in [2.45, 2.75) is 51.1 Å². The number of nitrogens with zero attached hydrogens (tertiary/aromatic N) is 3. The number of imide groups is 1. The van der Waals surface area contributed by atoms with Gasteiger partial charge in [-0.3, -0.25) is 14.5 Å². The summed E-state index contributed by atoms with van der Waals surface area (Å²) in [5.74, 6) is 0.713. The van der Waals surface area contributed by atoms with Gasteiger partial charge in [-0.1, -0.05) is 37.1 Å². The van der Waals surface area contributed by atoms with Gasteiger partial charge in [-0.15, -0.1) is 0 Å². The van der Waals surface area contributed by atoms with Gasteiger partial charge in [0, 0.05) is 24.3 Å². The van der Waals surface area contributed by atoms with E-state index in [-0.39, 0.29) is 11.8 Å². The minimum atomic E-state index is -0.0871. The maximum Gasteiger partial charge on any atom is 0.229 e. The fourth-order valence-electron chi connectivity index (χ4n) is 4.45. The van der Waals surface area contributed by atoms with Crippen LogP contribution in [0.2, 0.25) is 0 Å². The summed E-state index contributed by atoms with van der Waals surface area (Å²) in [5, 5.41) is 4.61. The van der Waals surface area contributed by atoms with Crippen LogP contribution in [-0.2, 0) is 16.1 Å². The number of aromatic nitrogens is 2. The molecule has 30 heavy (non-hydrogen) atoms. The molecule has 6 heteroatoms. The monoisotopic (exact) mass is 400 g/mol. The first-order chi connectivity index (χ1) is 14.7. The highest BCUT2D eigenvalue weighted by molar-refractivity contribution is 6.01. The van der Waals surface area contributed by atoms with Gasteiger partial charge in [-0.05, 0) is 47.7 Å². The van der Waals surface area contributed by atoms with Crippen LogP contribution in [0.25, 0.3) is 22.0 Å². The van der Waals surface area contributed by atoms with Crippen molar-refractivity contribution < 1.29 is 9.59 Å². The highest BCUT2D eigenvalue weighted by Gasteiger charge is 2.28. The van der Waals surface area contributed by atoms with Gasteiger partial charge in [0.05, 0.1) is 12.1 Å². The molecule has 2 amide bonds. The number of hydrogen-bond donors (Lipinski definition) is 1. The third kappa shape index (κ3) is 3.65. The molecule has 1 N–H and O–H groups in total. The topological polar surface area (TPSA) is 75.2 Å². The second kappa shape index (κ2) is 7.86. The van der Waals surface area contributed by atoms with Gasteiger partial charge in [0.1, 0.15) is 12.1 Å². The molecular formula is C24H24N4O2. The third-order valence-corrected chi connectivity index (χ3v) is 6.09. The molecule has 0 unspecified atom stereocenters. The number of carbonyl (C=O) groups excluding carboxylic acids is 2. The fraction of sp³-hybridized carbons (Fsp3) is 0.333. The number of carbonyl (C=O) groups is 2. The zero-order chi connectivity index (χ0) is 20.5. The molecule has 2 fully saturated rings. The molecule has 5 rings (SSSR count). The van der Waals surface area contributed by atoms with Crippen molar-refractivity contribution in [3.63, 3.8) is 0 Å². The second-order valence-corrected chi connectivity index (χ2v) is 8.15. The lowest BCUT2D eigenvalue weighted by molar-refractivity contribution is -0.139. The molecule has 1 aliphatic heterocycles. The van der Waals surface area contributed by atoms with E-state index in [0.29, 0.717) is 25.4 Å². The van der Waals surface area contributed by atoms with Crippen LogP contribution in [0.5, 0.6) is 0 Å². The van der Waals surface area contributed by atoms with E-state index in [1.807, 2.05) is 30.3 Å². The number of nitrogens with one attached hydrogen (secondary N) is 1. The summed E-state index contributed by atoms with van der Waals surface area (Å²) < 4.78 is 0. The summed E-state index contributed by atoms with van der Waals surface area (Å²) >= 11 is 0. The quantitative estimate of drug-likeness (QED) is 0.646. The van der Waals surface area contributed by atoms with Gasteiger partial charge in [0.15, 0.2) is 0 Å². The van der Waals surface area contributed by atoms with Crippen LogP contribution in [0.15, 0.2) is 48.8 Å². The Kier molecular flexibility index (Phi) is 4.91. The first kappa shape index (κ1) is 18.7. The number of rotatable bonds is 5. The molecule has 2 aliphatic rings. The third-order valence-electron chi connectivity index (χ3n) is 6.09. The minimum absolute atomic E-state index is 0.0871. The van der Waals surface area contributed by atoms with E-state index in [0.717, 1.165) is 33.4 Å². The summed E-state index contributed by atoms with van der Waals surface area (Å²) in [7, 11) is 0. The van der Waals surface area contributed by atoms with Crippen LogP contribution in [0, 0.1) is 0 Å². The summed E-state index contributed by atoms with van der Waals surface area (Å²) in [6.07, 6.45) is 7.15. The van der Waals surface area contributed by atoms with Gasteiger partial charge in [0.25, 0.3) is 0 Å². The van der Waals surface area contributed by atoms with Crippen molar-refractivity contribution in [1.29, 1.82) is 0 Å². The zero-order valence-corrected chi connectivity index (χ0v) is 16.8. The van der Waals surface area contributed by atoms with Crippen molar-refractivity contribution in [2.24, 2.45) is 0 Å². The highest BCUT2D eigenvalue weighted by Crippen LogP contribution is 2.30. The predicted molar refractivity (Wildman–Crippen MR) is 116 cm³/mol. The Labute approximate surface area is 175 Å². The van der Waals surface area contributed by atoms with E-state index < -0.39 is 0 Å². The summed E-state index contributed by atoms with van der Waals surface area (Å²) in [6, 6.07) is 14.7. The van der Waals surface area contributed by atoms with Crippen molar-refractivity contribution in [2.75, 3.05) is 5.32 Å². The molecule has 1 aromatic heterocycles. The second-order valence-electron chi connectivity index (χ2n) is 8.15. The molecule has 1 saturated heterocycles. The normalized spacial score (nSPS) is 17.3. The molecule has 0 spiro atoms. The molecule has 1 aliphatic carbocycles. The zero-order valence-electron chi connectivity index (χ0n) is 16.8. The lowest BCUT2D eigenvalue weighted by Gasteiger charge is -2.16. The average molecular weight is 400 g/mol. The maximum absolute atomic E-state index is 12.0. The van der Waals surface area contributed by atoms with Crippen LogP contribution >= 0.6 is 0 Å². The van der Waals surface area contributed by atoms with Gasteiger partial charge in [-0.2, -0.15) is 0 Å². The van der Waals surface area contributed by atoms with E-state index in [1.165, 1.54) is 30.6 Å². The number of fused-ring (bicyclic) bond motifs is 1. The summed E-state index contributed by atoms with van der Waals surface area (Å²) in [6.45, 7) is 0.330. The fourth-order valence-corrected chi connectivity index (χ4v) is 4.45. The molecule has 1 saturated carbocycles. The standard InChI is InChI=1S/C24H24N4O2/c29-22-10-11-23(30)28(22)14-16-4-3-5-17(12-16)18-8-9-21-20(13-18)24(26-15-25-21)27-19-6-1-2-7-19/h3-5,8-9,12-13,15,19H,1-2,6-7,10-11,14H2,(H,25,26,27). The minimum Gasteiger partial charge on any atom is -0.367 e. The van der Waals surface area contributed by atoms with E-state index in [4.69, 9.17) is 0 Å². The van der Waals surface area contributed by atoms with Gasteiger partial charge < -0.3 is 5.32 Å². The lowest BCUT2D eigenvalue weighted by Crippen LogP contribution is -2.28. The van der Waals surface area contributed by atoms with Crippen molar-refractivity contribution >= 4 is 28.5 Å². The smallest absolute Gasteiger partial charge is 0.229 e. The van der Waals surface area contributed by atoms with Crippen LogP contribution in [0.1, 0.15) is 44.1 Å². The van der Waals surface area contributed by atoms with Crippen molar-refractivity contribution in [1.82, 2.24) is 14.9 Å². The number of likely N-dealkylation sites (tertiary alicyclic amines) is 1. The van der Waals surface area contributed by atoms with Gasteiger partial charge in [0.2, 0.25) is 11.8 Å². The summed E-state index contributed by atoms with van der Waals surface area (Å²) in [5.41, 5.74) is 3.97. The molecule has 3 aromatic rings. The Morgan fingerprint density at radius 1 is 0.933 bits per heavy atom. The Morgan fingerprint density at radius 3 is 2.50 bits per heavy atom. The molecule has 0 atom stereocenters. The maximum atomic E-state index is 12.0. The number of benzene rings is 2. The molecule has 6 nitrogen and oxygen atoms in total. The van der Waals surface area contributed by atoms with E-state index in [9.17, 15) is 9.59 Å². The van der Waals surface area contributed by atoms with Crippen LogP contribution in [-0.4, -0.2) is 32.7 Å². The molecule has 152 valence electrons. The molecule has 2 aromatic carbocycles. The largest absolute Gasteiger partial charge is 0.367 e. The number of amides is 2. The van der Waals surface area contributed by atoms with Crippen LogP contribution in [0.4, 0.5) is 5.82 Å². The number of anilines is 1. The Balaban J connectivity index is 1.45. The van der Waals surface area contributed by atoms with E-state index >= 15 is 0 Å². The van der Waals surface area contributed by atoms with E-state index in [1.54, 1.807) is 6.33 Å². The first-order valence-electron chi connectivity index (χ1n) is 10.6. The lowest BCUT2D eigenvalue weighted by atomic mass is 10.0. The SMILES string of the molecule is O=C1CCC(=O)N1Cc1cccc(-c2ccc3ncnc(NC4CCCC4)c3c2)c1. The molecule has 2 heterocycles. The van der Waals surface area contributed by atoms with Crippen molar-refractivity contribution in [3.8, 4) is 11.1 Å². The molecular weight excluding hydrogens is 376 g/mol. The van der Waals surface area contributed by atoms with Crippen LogP contribution < -0.4 is 5.32 Å². The van der Waals surface area contributed by atoms with Gasteiger partial charge >= 0.3 is 0 Å². The molecule has 0 bridgehead atoms. The number of hydrogen-bond acceptors (Lipinski definition) is 5. The van der Waals surface area contributed by atoms with Gasteiger partial charge in [-0.25, -0.2) is 9.97 Å². The van der Waals surface area contributed by atoms with Crippen LogP contribution in [0.3, 0.4) is 0 Å².